The summed E-state index contributed by atoms with van der Waals surface area (Å²) in [7, 11) is 0. The van der Waals surface area contributed by atoms with E-state index in [-0.39, 0.29) is 23.3 Å². The van der Waals surface area contributed by atoms with E-state index in [1.165, 1.54) is 12.8 Å². The number of nitrogens with zero attached hydrogens (tertiary/aromatic N) is 1. The van der Waals surface area contributed by atoms with E-state index < -0.39 is 0 Å². The second-order valence-corrected chi connectivity index (χ2v) is 6.30. The maximum absolute atomic E-state index is 11.9. The molecule has 1 aliphatic heterocycles. The minimum atomic E-state index is -0.280. The Balaban J connectivity index is 2.33. The summed E-state index contributed by atoms with van der Waals surface area (Å²) < 4.78 is 5.26. The van der Waals surface area contributed by atoms with E-state index in [1.807, 2.05) is 20.8 Å². The molecule has 1 atom stereocenters. The summed E-state index contributed by atoms with van der Waals surface area (Å²) in [5.41, 5.74) is -0.215. The van der Waals surface area contributed by atoms with Crippen LogP contribution in [-0.2, 0) is 14.3 Å². The van der Waals surface area contributed by atoms with Crippen LogP contribution in [0.2, 0.25) is 0 Å². The molecule has 0 radical (unpaired) electrons. The van der Waals surface area contributed by atoms with E-state index in [2.05, 4.69) is 6.92 Å². The molecule has 1 rings (SSSR count). The fourth-order valence-corrected chi connectivity index (χ4v) is 2.33. The van der Waals surface area contributed by atoms with E-state index in [9.17, 15) is 9.59 Å². The highest BCUT2D eigenvalue weighted by Gasteiger charge is 2.40. The first-order valence-electron chi connectivity index (χ1n) is 7.33. The predicted molar refractivity (Wildman–Crippen MR) is 74.7 cm³/mol. The molecule has 1 heterocycles. The van der Waals surface area contributed by atoms with Gasteiger partial charge in [-0.1, -0.05) is 26.2 Å². The van der Waals surface area contributed by atoms with Crippen molar-refractivity contribution in [3.63, 3.8) is 0 Å². The van der Waals surface area contributed by atoms with Crippen LogP contribution in [0, 0.1) is 5.92 Å². The molecule has 4 heteroatoms. The molecule has 1 fully saturated rings. The molecule has 0 aromatic rings. The van der Waals surface area contributed by atoms with Crippen molar-refractivity contribution < 1.29 is 14.3 Å². The molecular weight excluding hydrogens is 242 g/mol. The maximum atomic E-state index is 11.9. The lowest BCUT2D eigenvalue weighted by Gasteiger charge is -2.31. The van der Waals surface area contributed by atoms with Crippen LogP contribution in [-0.4, -0.2) is 35.5 Å². The van der Waals surface area contributed by atoms with Crippen molar-refractivity contribution in [1.29, 1.82) is 0 Å². The van der Waals surface area contributed by atoms with Crippen molar-refractivity contribution in [2.45, 2.75) is 65.3 Å². The average Bonchev–Trinajstić information content (AvgIpc) is 2.70. The number of hydrogen-bond donors (Lipinski definition) is 0. The van der Waals surface area contributed by atoms with Crippen molar-refractivity contribution in [2.24, 2.45) is 5.92 Å². The number of rotatable bonds is 6. The highest BCUT2D eigenvalue weighted by atomic mass is 16.5. The van der Waals surface area contributed by atoms with Gasteiger partial charge in [0.1, 0.15) is 0 Å². The number of carbonyl (C=O) groups excluding carboxylic acids is 2. The molecule has 19 heavy (non-hydrogen) atoms. The van der Waals surface area contributed by atoms with E-state index >= 15 is 0 Å². The highest BCUT2D eigenvalue weighted by molar-refractivity contribution is 5.87. The first-order valence-corrected chi connectivity index (χ1v) is 7.33. The summed E-state index contributed by atoms with van der Waals surface area (Å²) in [5.74, 6) is -0.435. The number of amides is 1. The van der Waals surface area contributed by atoms with Gasteiger partial charge in [0.05, 0.1) is 12.5 Å². The zero-order valence-corrected chi connectivity index (χ0v) is 12.7. The van der Waals surface area contributed by atoms with E-state index in [0.29, 0.717) is 19.6 Å². The van der Waals surface area contributed by atoms with Crippen LogP contribution in [0.25, 0.3) is 0 Å². The number of carbonyl (C=O) groups is 2. The van der Waals surface area contributed by atoms with Crippen LogP contribution in [0.5, 0.6) is 0 Å². The fraction of sp³-hybridized carbons (Fsp3) is 0.867. The standard InChI is InChI=1S/C15H27NO3/c1-5-6-7-8-9-19-14(18)12-10-13(17)16(11-12)15(2,3)4/h12H,5-11H2,1-4H3. The zero-order chi connectivity index (χ0) is 14.5. The third kappa shape index (κ3) is 4.84. The van der Waals surface area contributed by atoms with Crippen molar-refractivity contribution >= 4 is 11.9 Å². The smallest absolute Gasteiger partial charge is 0.311 e. The Morgan fingerprint density at radius 3 is 2.53 bits per heavy atom. The monoisotopic (exact) mass is 269 g/mol. The number of likely N-dealkylation sites (tertiary alicyclic amines) is 1. The second-order valence-electron chi connectivity index (χ2n) is 6.30. The SMILES string of the molecule is CCCCCCOC(=O)C1CC(=O)N(C(C)(C)C)C1. The van der Waals surface area contributed by atoms with E-state index in [0.717, 1.165) is 12.8 Å². The third-order valence-electron chi connectivity index (χ3n) is 3.51. The maximum Gasteiger partial charge on any atom is 0.311 e. The molecule has 4 nitrogen and oxygen atoms in total. The van der Waals surface area contributed by atoms with Crippen LogP contribution in [0.3, 0.4) is 0 Å². The first kappa shape index (κ1) is 16.0. The van der Waals surface area contributed by atoms with Crippen LogP contribution >= 0.6 is 0 Å². The number of hydrogen-bond acceptors (Lipinski definition) is 3. The van der Waals surface area contributed by atoms with Crippen LogP contribution < -0.4 is 0 Å². The van der Waals surface area contributed by atoms with Gasteiger partial charge in [-0.3, -0.25) is 9.59 Å². The Morgan fingerprint density at radius 1 is 1.32 bits per heavy atom. The fourth-order valence-electron chi connectivity index (χ4n) is 2.33. The molecule has 0 spiro atoms. The van der Waals surface area contributed by atoms with Gasteiger partial charge in [-0.25, -0.2) is 0 Å². The predicted octanol–water partition coefficient (Wildman–Crippen LogP) is 2.76. The van der Waals surface area contributed by atoms with Gasteiger partial charge in [-0.15, -0.1) is 0 Å². The average molecular weight is 269 g/mol. The molecule has 0 aliphatic carbocycles. The topological polar surface area (TPSA) is 46.6 Å². The van der Waals surface area contributed by atoms with Crippen LogP contribution in [0.15, 0.2) is 0 Å². The summed E-state index contributed by atoms with van der Waals surface area (Å²) in [6.07, 6.45) is 4.67. The number of unbranched alkanes of at least 4 members (excludes halogenated alkanes) is 3. The number of esters is 1. The molecule has 1 saturated heterocycles. The molecule has 0 aromatic carbocycles. The normalized spacial score (nSPS) is 19.9. The summed E-state index contributed by atoms with van der Waals surface area (Å²) in [6, 6.07) is 0. The van der Waals surface area contributed by atoms with Gasteiger partial charge in [0.25, 0.3) is 0 Å². The summed E-state index contributed by atoms with van der Waals surface area (Å²) in [5, 5.41) is 0. The quantitative estimate of drug-likeness (QED) is 0.550. The molecule has 1 aliphatic rings. The number of ether oxygens (including phenoxy) is 1. The Labute approximate surface area is 116 Å². The second kappa shape index (κ2) is 6.92. The highest BCUT2D eigenvalue weighted by Crippen LogP contribution is 2.26. The van der Waals surface area contributed by atoms with Gasteiger partial charge in [-0.2, -0.15) is 0 Å². The van der Waals surface area contributed by atoms with Gasteiger partial charge in [0, 0.05) is 18.5 Å². The van der Waals surface area contributed by atoms with E-state index in [4.69, 9.17) is 4.74 Å². The molecule has 1 amide bonds. The van der Waals surface area contributed by atoms with Crippen LogP contribution in [0.1, 0.15) is 59.8 Å². The Kier molecular flexibility index (Phi) is 5.83. The Morgan fingerprint density at radius 2 is 2.00 bits per heavy atom. The first-order chi connectivity index (χ1) is 8.86. The van der Waals surface area contributed by atoms with Gasteiger partial charge < -0.3 is 9.64 Å². The minimum Gasteiger partial charge on any atom is -0.465 e. The minimum absolute atomic E-state index is 0.0560. The summed E-state index contributed by atoms with van der Waals surface area (Å²) in [4.78, 5) is 25.5. The van der Waals surface area contributed by atoms with Gasteiger partial charge in [0.15, 0.2) is 0 Å². The summed E-state index contributed by atoms with van der Waals surface area (Å²) >= 11 is 0. The van der Waals surface area contributed by atoms with Gasteiger partial charge in [0.2, 0.25) is 5.91 Å². The van der Waals surface area contributed by atoms with E-state index in [1.54, 1.807) is 4.90 Å². The molecular formula is C15H27NO3. The Hall–Kier alpha value is -1.06. The Bertz CT molecular complexity index is 320. The largest absolute Gasteiger partial charge is 0.465 e. The van der Waals surface area contributed by atoms with Gasteiger partial charge in [-0.05, 0) is 27.2 Å². The van der Waals surface area contributed by atoms with Crippen molar-refractivity contribution in [1.82, 2.24) is 4.90 Å². The third-order valence-corrected chi connectivity index (χ3v) is 3.51. The summed E-state index contributed by atoms with van der Waals surface area (Å²) in [6.45, 7) is 9.10. The molecule has 1 unspecified atom stereocenters. The molecule has 110 valence electrons. The lowest BCUT2D eigenvalue weighted by Crippen LogP contribution is -2.42. The molecule has 0 saturated carbocycles. The molecule has 0 bridgehead atoms. The van der Waals surface area contributed by atoms with Crippen molar-refractivity contribution in [3.05, 3.63) is 0 Å². The van der Waals surface area contributed by atoms with Gasteiger partial charge >= 0.3 is 5.97 Å². The zero-order valence-electron chi connectivity index (χ0n) is 12.7. The lowest BCUT2D eigenvalue weighted by atomic mass is 10.1. The molecule has 0 N–H and O–H groups in total. The van der Waals surface area contributed by atoms with Crippen molar-refractivity contribution in [2.75, 3.05) is 13.2 Å². The lowest BCUT2D eigenvalue weighted by molar-refractivity contribution is -0.148. The van der Waals surface area contributed by atoms with Crippen molar-refractivity contribution in [3.8, 4) is 0 Å². The van der Waals surface area contributed by atoms with Crippen LogP contribution in [0.4, 0.5) is 0 Å². The molecule has 0 aromatic heterocycles.